The molecule has 5 nitrogen and oxygen atoms in total. The molecule has 5 heteroatoms. The van der Waals surface area contributed by atoms with Crippen LogP contribution in [-0.4, -0.2) is 19.0 Å². The number of methoxy groups -OCH3 is 1. The fourth-order valence-corrected chi connectivity index (χ4v) is 1.24. The van der Waals surface area contributed by atoms with Crippen molar-refractivity contribution in [3.63, 3.8) is 0 Å². The van der Waals surface area contributed by atoms with E-state index in [-0.39, 0.29) is 23.0 Å². The van der Waals surface area contributed by atoms with Gasteiger partial charge in [-0.3, -0.25) is 4.79 Å². The number of para-hydroxylation sites is 1. The van der Waals surface area contributed by atoms with Gasteiger partial charge in [-0.25, -0.2) is 4.79 Å². The minimum absolute atomic E-state index is 0.0667. The van der Waals surface area contributed by atoms with Crippen molar-refractivity contribution in [3.05, 3.63) is 30.4 Å². The van der Waals surface area contributed by atoms with Crippen molar-refractivity contribution in [1.82, 2.24) is 0 Å². The topological polar surface area (TPSA) is 61.8 Å². The second-order valence-electron chi connectivity index (χ2n) is 4.53. The lowest BCUT2D eigenvalue weighted by molar-refractivity contribution is -0.138. The van der Waals surface area contributed by atoms with Gasteiger partial charge in [-0.2, -0.15) is 0 Å². The zero-order valence-electron chi connectivity index (χ0n) is 12.1. The molecule has 1 aromatic rings. The zero-order chi connectivity index (χ0) is 15.3. The predicted molar refractivity (Wildman–Crippen MR) is 73.9 cm³/mol. The minimum Gasteiger partial charge on any atom is -0.493 e. The molecule has 0 aliphatic carbocycles. The molecule has 0 atom stereocenters. The Hall–Kier alpha value is -2.30. The molecule has 0 bridgehead atoms. The first-order valence-electron chi connectivity index (χ1n) is 6.13. The van der Waals surface area contributed by atoms with E-state index in [0.717, 1.165) is 0 Å². The lowest BCUT2D eigenvalue weighted by atomic mass is 10.2. The summed E-state index contributed by atoms with van der Waals surface area (Å²) in [6.07, 6.45) is 0. The monoisotopic (exact) mass is 278 g/mol. The Balaban J connectivity index is 3.13. The smallest absolute Gasteiger partial charge is 0.338 e. The molecule has 0 radical (unpaired) electrons. The average Bonchev–Trinajstić information content (AvgIpc) is 2.39. The van der Waals surface area contributed by atoms with Crippen molar-refractivity contribution >= 4 is 11.9 Å². The average molecular weight is 278 g/mol. The standard InChI is InChI=1S/C15H18O5/c1-9(2)14(16)19-12-8-6-7-11(18-5)13(12)20-15(17)10(3)4/h6-9H,3H2,1-2,4-5H3. The van der Waals surface area contributed by atoms with Crippen molar-refractivity contribution in [1.29, 1.82) is 0 Å². The Morgan fingerprint density at radius 2 is 1.75 bits per heavy atom. The van der Waals surface area contributed by atoms with Crippen LogP contribution in [-0.2, 0) is 9.59 Å². The van der Waals surface area contributed by atoms with E-state index in [1.54, 1.807) is 26.0 Å². The van der Waals surface area contributed by atoms with E-state index in [2.05, 4.69) is 6.58 Å². The second-order valence-corrected chi connectivity index (χ2v) is 4.53. The highest BCUT2D eigenvalue weighted by atomic mass is 16.6. The van der Waals surface area contributed by atoms with Crippen LogP contribution in [0.15, 0.2) is 30.4 Å². The molecule has 0 saturated heterocycles. The third-order valence-corrected chi connectivity index (χ3v) is 2.39. The number of hydrogen-bond acceptors (Lipinski definition) is 5. The van der Waals surface area contributed by atoms with Gasteiger partial charge >= 0.3 is 11.9 Å². The van der Waals surface area contributed by atoms with Gasteiger partial charge in [0.25, 0.3) is 0 Å². The highest BCUT2D eigenvalue weighted by Crippen LogP contribution is 2.37. The van der Waals surface area contributed by atoms with Crippen molar-refractivity contribution in [3.8, 4) is 17.2 Å². The molecule has 0 N–H and O–H groups in total. The van der Waals surface area contributed by atoms with Gasteiger partial charge < -0.3 is 14.2 Å². The molecule has 108 valence electrons. The van der Waals surface area contributed by atoms with Crippen LogP contribution in [0.25, 0.3) is 0 Å². The highest BCUT2D eigenvalue weighted by molar-refractivity contribution is 5.90. The molecular weight excluding hydrogens is 260 g/mol. The highest BCUT2D eigenvalue weighted by Gasteiger charge is 2.19. The van der Waals surface area contributed by atoms with Crippen molar-refractivity contribution < 1.29 is 23.8 Å². The summed E-state index contributed by atoms with van der Waals surface area (Å²) in [6.45, 7) is 8.45. The largest absolute Gasteiger partial charge is 0.493 e. The van der Waals surface area contributed by atoms with Gasteiger partial charge in [0, 0.05) is 5.57 Å². The summed E-state index contributed by atoms with van der Waals surface area (Å²) in [5, 5.41) is 0. The third kappa shape index (κ3) is 3.85. The minimum atomic E-state index is -0.614. The Kier molecular flexibility index (Phi) is 5.32. The number of benzene rings is 1. The number of esters is 2. The number of hydrogen-bond donors (Lipinski definition) is 0. The van der Waals surface area contributed by atoms with E-state index >= 15 is 0 Å². The quantitative estimate of drug-likeness (QED) is 0.471. The molecule has 0 saturated carbocycles. The first-order chi connectivity index (χ1) is 9.36. The maximum absolute atomic E-state index is 11.7. The number of ether oxygens (including phenoxy) is 3. The Morgan fingerprint density at radius 3 is 2.25 bits per heavy atom. The maximum atomic E-state index is 11.7. The SMILES string of the molecule is C=C(C)C(=O)Oc1c(OC)cccc1OC(=O)C(C)C. The molecule has 0 fully saturated rings. The van der Waals surface area contributed by atoms with E-state index in [1.165, 1.54) is 20.1 Å². The van der Waals surface area contributed by atoms with Crippen LogP contribution in [0.5, 0.6) is 17.2 Å². The number of carbonyl (C=O) groups excluding carboxylic acids is 2. The summed E-state index contributed by atoms with van der Waals surface area (Å²) in [6, 6.07) is 4.78. The summed E-state index contributed by atoms with van der Waals surface area (Å²) < 4.78 is 15.5. The first-order valence-corrected chi connectivity index (χ1v) is 6.13. The van der Waals surface area contributed by atoms with Crippen LogP contribution in [0.3, 0.4) is 0 Å². The zero-order valence-corrected chi connectivity index (χ0v) is 12.1. The summed E-state index contributed by atoms with van der Waals surface area (Å²) in [4.78, 5) is 23.3. The fourth-order valence-electron chi connectivity index (χ4n) is 1.24. The maximum Gasteiger partial charge on any atom is 0.338 e. The van der Waals surface area contributed by atoms with E-state index < -0.39 is 11.9 Å². The molecule has 1 rings (SSSR count). The van der Waals surface area contributed by atoms with Crippen LogP contribution in [0, 0.1) is 5.92 Å². The van der Waals surface area contributed by atoms with Gasteiger partial charge in [-0.05, 0) is 19.1 Å². The molecule has 0 unspecified atom stereocenters. The Labute approximate surface area is 118 Å². The van der Waals surface area contributed by atoms with Gasteiger partial charge in [-0.1, -0.05) is 26.5 Å². The third-order valence-electron chi connectivity index (χ3n) is 2.39. The van der Waals surface area contributed by atoms with E-state index in [0.29, 0.717) is 5.75 Å². The van der Waals surface area contributed by atoms with Crippen molar-refractivity contribution in [2.24, 2.45) is 5.92 Å². The Morgan fingerprint density at radius 1 is 1.15 bits per heavy atom. The molecule has 1 aromatic carbocycles. The van der Waals surface area contributed by atoms with Crippen LogP contribution in [0.2, 0.25) is 0 Å². The molecule has 0 spiro atoms. The van der Waals surface area contributed by atoms with E-state index in [4.69, 9.17) is 14.2 Å². The molecule has 0 aliphatic heterocycles. The van der Waals surface area contributed by atoms with Gasteiger partial charge in [0.15, 0.2) is 11.5 Å². The summed E-state index contributed by atoms with van der Waals surface area (Å²) in [7, 11) is 1.43. The van der Waals surface area contributed by atoms with Gasteiger partial charge in [-0.15, -0.1) is 0 Å². The molecule has 0 amide bonds. The molecule has 0 heterocycles. The van der Waals surface area contributed by atoms with Crippen LogP contribution in [0.1, 0.15) is 20.8 Å². The summed E-state index contributed by atoms with van der Waals surface area (Å²) >= 11 is 0. The van der Waals surface area contributed by atoms with Crippen LogP contribution >= 0.6 is 0 Å². The first kappa shape index (κ1) is 15.8. The molecular formula is C15H18O5. The lowest BCUT2D eigenvalue weighted by Gasteiger charge is -2.14. The van der Waals surface area contributed by atoms with Gasteiger partial charge in [0.05, 0.1) is 13.0 Å². The number of rotatable bonds is 5. The van der Waals surface area contributed by atoms with E-state index in [1.807, 2.05) is 0 Å². The van der Waals surface area contributed by atoms with Gasteiger partial charge in [0.1, 0.15) is 0 Å². The van der Waals surface area contributed by atoms with Crippen molar-refractivity contribution in [2.75, 3.05) is 7.11 Å². The number of carbonyl (C=O) groups is 2. The summed E-state index contributed by atoms with van der Waals surface area (Å²) in [5.74, 6) is -0.837. The van der Waals surface area contributed by atoms with Gasteiger partial charge in [0.2, 0.25) is 5.75 Å². The normalized spacial score (nSPS) is 10.1. The molecule has 20 heavy (non-hydrogen) atoms. The van der Waals surface area contributed by atoms with Crippen LogP contribution < -0.4 is 14.2 Å². The second kappa shape index (κ2) is 6.75. The van der Waals surface area contributed by atoms with Crippen LogP contribution in [0.4, 0.5) is 0 Å². The predicted octanol–water partition coefficient (Wildman–Crippen LogP) is 2.74. The molecule has 0 aromatic heterocycles. The van der Waals surface area contributed by atoms with E-state index in [9.17, 15) is 9.59 Å². The summed E-state index contributed by atoms with van der Waals surface area (Å²) in [5.41, 5.74) is 0.233. The fraction of sp³-hybridized carbons (Fsp3) is 0.333. The lowest BCUT2D eigenvalue weighted by Crippen LogP contribution is -2.16. The van der Waals surface area contributed by atoms with Crippen molar-refractivity contribution in [2.45, 2.75) is 20.8 Å². The molecule has 0 aliphatic rings. The Bertz CT molecular complexity index is 531.